The van der Waals surface area contributed by atoms with E-state index in [4.69, 9.17) is 4.74 Å². The standard InChI is InChI=1S/C21H36O3/c1-4-24-18-12-21(3)13(10-16(18)22)7-8-14-15-6-5-9-20(15,2)11-17(23)19(14)21/h13-19,22-23H,4-12H2,1-3H3/t13-,14-,15-,16-,17-,18-,19+,20-,21-/m0/s1. The quantitative estimate of drug-likeness (QED) is 0.807. The average molecular weight is 337 g/mol. The van der Waals surface area contributed by atoms with Crippen molar-refractivity contribution < 1.29 is 14.9 Å². The Kier molecular flexibility index (Phi) is 4.29. The molecule has 0 saturated heterocycles. The molecule has 0 aromatic carbocycles. The van der Waals surface area contributed by atoms with Crippen molar-refractivity contribution in [2.45, 2.75) is 90.4 Å². The van der Waals surface area contributed by atoms with E-state index < -0.39 is 0 Å². The summed E-state index contributed by atoms with van der Waals surface area (Å²) >= 11 is 0. The fraction of sp³-hybridized carbons (Fsp3) is 1.00. The minimum Gasteiger partial charge on any atom is -0.393 e. The molecule has 0 aliphatic heterocycles. The molecule has 3 nitrogen and oxygen atoms in total. The van der Waals surface area contributed by atoms with E-state index >= 15 is 0 Å². The second-order valence-electron chi connectivity index (χ2n) is 9.89. The maximum atomic E-state index is 11.2. The summed E-state index contributed by atoms with van der Waals surface area (Å²) in [5.41, 5.74) is 0.503. The van der Waals surface area contributed by atoms with Crippen LogP contribution in [-0.4, -0.2) is 35.1 Å². The molecule has 138 valence electrons. The van der Waals surface area contributed by atoms with Gasteiger partial charge in [0.1, 0.15) is 0 Å². The van der Waals surface area contributed by atoms with Gasteiger partial charge in [0, 0.05) is 6.61 Å². The third-order valence-electron chi connectivity index (χ3n) is 8.75. The van der Waals surface area contributed by atoms with Crippen LogP contribution in [0.25, 0.3) is 0 Å². The summed E-state index contributed by atoms with van der Waals surface area (Å²) in [6, 6.07) is 0. The van der Waals surface area contributed by atoms with Crippen molar-refractivity contribution in [3.8, 4) is 0 Å². The molecular formula is C21H36O3. The van der Waals surface area contributed by atoms with Crippen LogP contribution < -0.4 is 0 Å². The molecule has 0 unspecified atom stereocenters. The van der Waals surface area contributed by atoms with Crippen LogP contribution in [0.2, 0.25) is 0 Å². The fourth-order valence-electron chi connectivity index (χ4n) is 7.78. The minimum atomic E-state index is -0.322. The Hall–Kier alpha value is -0.120. The molecular weight excluding hydrogens is 300 g/mol. The summed E-state index contributed by atoms with van der Waals surface area (Å²) in [6.45, 7) is 7.53. The van der Waals surface area contributed by atoms with Crippen molar-refractivity contribution in [3.63, 3.8) is 0 Å². The van der Waals surface area contributed by atoms with E-state index in [1.54, 1.807) is 0 Å². The van der Waals surface area contributed by atoms with E-state index in [0.717, 1.165) is 25.2 Å². The van der Waals surface area contributed by atoms with E-state index in [-0.39, 0.29) is 23.7 Å². The molecule has 2 N–H and O–H groups in total. The molecule has 4 rings (SSSR count). The Morgan fingerprint density at radius 2 is 1.83 bits per heavy atom. The van der Waals surface area contributed by atoms with Gasteiger partial charge < -0.3 is 14.9 Å². The van der Waals surface area contributed by atoms with Gasteiger partial charge in [-0.15, -0.1) is 0 Å². The number of aliphatic hydroxyl groups excluding tert-OH is 2. The third-order valence-corrected chi connectivity index (χ3v) is 8.75. The summed E-state index contributed by atoms with van der Waals surface area (Å²) in [5, 5.41) is 21.7. The minimum absolute atomic E-state index is 0.0425. The van der Waals surface area contributed by atoms with Crippen molar-refractivity contribution in [1.29, 1.82) is 0 Å². The molecule has 4 aliphatic rings. The lowest BCUT2D eigenvalue weighted by molar-refractivity contribution is -0.199. The lowest BCUT2D eigenvalue weighted by Crippen LogP contribution is -2.60. The van der Waals surface area contributed by atoms with Crippen LogP contribution in [-0.2, 0) is 4.74 Å². The Balaban J connectivity index is 1.64. The maximum absolute atomic E-state index is 11.2. The first-order chi connectivity index (χ1) is 11.4. The zero-order valence-electron chi connectivity index (χ0n) is 15.7. The first kappa shape index (κ1) is 17.3. The monoisotopic (exact) mass is 336 g/mol. The normalized spacial score (nSPS) is 57.1. The molecule has 3 heteroatoms. The highest BCUT2D eigenvalue weighted by Gasteiger charge is 2.62. The lowest BCUT2D eigenvalue weighted by atomic mass is 9.44. The fourth-order valence-corrected chi connectivity index (χ4v) is 7.78. The van der Waals surface area contributed by atoms with E-state index in [1.165, 1.54) is 32.1 Å². The topological polar surface area (TPSA) is 49.7 Å². The molecule has 4 fully saturated rings. The van der Waals surface area contributed by atoms with Gasteiger partial charge in [-0.2, -0.15) is 0 Å². The van der Waals surface area contributed by atoms with Crippen molar-refractivity contribution in [2.24, 2.45) is 34.5 Å². The van der Waals surface area contributed by atoms with Crippen LogP contribution >= 0.6 is 0 Å². The number of rotatable bonds is 2. The summed E-state index contributed by atoms with van der Waals surface area (Å²) < 4.78 is 5.90. The van der Waals surface area contributed by atoms with Crippen LogP contribution in [0, 0.1) is 34.5 Å². The number of aliphatic hydroxyl groups is 2. The molecule has 9 atom stereocenters. The lowest BCUT2D eigenvalue weighted by Gasteiger charge is -2.62. The van der Waals surface area contributed by atoms with Crippen LogP contribution in [0.3, 0.4) is 0 Å². The summed E-state index contributed by atoms with van der Waals surface area (Å²) in [7, 11) is 0. The van der Waals surface area contributed by atoms with Gasteiger partial charge in [0.15, 0.2) is 0 Å². The largest absolute Gasteiger partial charge is 0.393 e. The molecule has 0 bridgehead atoms. The Morgan fingerprint density at radius 1 is 1.04 bits per heavy atom. The number of fused-ring (bicyclic) bond motifs is 5. The third kappa shape index (κ3) is 2.41. The molecule has 0 spiro atoms. The second kappa shape index (κ2) is 5.96. The zero-order valence-corrected chi connectivity index (χ0v) is 15.7. The van der Waals surface area contributed by atoms with Crippen LogP contribution in [0.4, 0.5) is 0 Å². The first-order valence-corrected chi connectivity index (χ1v) is 10.4. The van der Waals surface area contributed by atoms with Gasteiger partial charge in [0.2, 0.25) is 0 Å². The summed E-state index contributed by atoms with van der Waals surface area (Å²) in [5.74, 6) is 2.44. The van der Waals surface area contributed by atoms with E-state index in [2.05, 4.69) is 13.8 Å². The highest BCUT2D eigenvalue weighted by Crippen LogP contribution is 2.66. The van der Waals surface area contributed by atoms with Crippen molar-refractivity contribution >= 4 is 0 Å². The highest BCUT2D eigenvalue weighted by molar-refractivity contribution is 5.11. The Labute approximate surface area is 147 Å². The van der Waals surface area contributed by atoms with E-state index in [1.807, 2.05) is 6.92 Å². The molecule has 4 aliphatic carbocycles. The van der Waals surface area contributed by atoms with Gasteiger partial charge >= 0.3 is 0 Å². The first-order valence-electron chi connectivity index (χ1n) is 10.4. The smallest absolute Gasteiger partial charge is 0.0839 e. The highest BCUT2D eigenvalue weighted by atomic mass is 16.5. The molecule has 0 heterocycles. The Morgan fingerprint density at radius 3 is 2.58 bits per heavy atom. The van der Waals surface area contributed by atoms with Crippen LogP contribution in [0.15, 0.2) is 0 Å². The second-order valence-corrected chi connectivity index (χ2v) is 9.89. The zero-order chi connectivity index (χ0) is 17.1. The van der Waals surface area contributed by atoms with Crippen molar-refractivity contribution in [2.75, 3.05) is 6.61 Å². The molecule has 0 amide bonds. The van der Waals surface area contributed by atoms with Gasteiger partial charge in [0.05, 0.1) is 18.3 Å². The number of hydrogen-bond donors (Lipinski definition) is 2. The van der Waals surface area contributed by atoms with Gasteiger partial charge in [-0.25, -0.2) is 0 Å². The van der Waals surface area contributed by atoms with Gasteiger partial charge in [-0.05, 0) is 86.4 Å². The number of hydrogen-bond acceptors (Lipinski definition) is 3. The van der Waals surface area contributed by atoms with Gasteiger partial charge in [-0.1, -0.05) is 20.3 Å². The van der Waals surface area contributed by atoms with Crippen LogP contribution in [0.1, 0.15) is 72.1 Å². The molecule has 0 aromatic heterocycles. The van der Waals surface area contributed by atoms with E-state index in [0.29, 0.717) is 29.8 Å². The SMILES string of the molecule is CCO[C@H]1C[C@@]2(C)[C@@H](CC[C@@H]3[C@@H]2[C@@H](O)C[C@]2(C)CCC[C@@H]32)C[C@@H]1O. The summed E-state index contributed by atoms with van der Waals surface area (Å²) in [6.07, 6.45) is 8.74. The van der Waals surface area contributed by atoms with Crippen molar-refractivity contribution in [1.82, 2.24) is 0 Å². The predicted molar refractivity (Wildman–Crippen MR) is 94.5 cm³/mol. The van der Waals surface area contributed by atoms with Gasteiger partial charge in [-0.3, -0.25) is 0 Å². The maximum Gasteiger partial charge on any atom is 0.0839 e. The number of ether oxygens (including phenoxy) is 1. The van der Waals surface area contributed by atoms with Crippen LogP contribution in [0.5, 0.6) is 0 Å². The molecule has 0 aromatic rings. The van der Waals surface area contributed by atoms with E-state index in [9.17, 15) is 10.2 Å². The van der Waals surface area contributed by atoms with Gasteiger partial charge in [0.25, 0.3) is 0 Å². The predicted octanol–water partition coefficient (Wildman–Crippen LogP) is 3.77. The Bertz CT molecular complexity index is 480. The molecule has 4 saturated carbocycles. The summed E-state index contributed by atoms with van der Waals surface area (Å²) in [4.78, 5) is 0. The van der Waals surface area contributed by atoms with Crippen molar-refractivity contribution in [3.05, 3.63) is 0 Å². The molecule has 0 radical (unpaired) electrons. The molecule has 24 heavy (non-hydrogen) atoms. The average Bonchev–Trinajstić information content (AvgIpc) is 2.89.